The monoisotopic (exact) mass is 375 g/mol. The van der Waals surface area contributed by atoms with Crippen LogP contribution in [0.5, 0.6) is 5.75 Å². The maximum Gasteiger partial charge on any atom is 0.244 e. The molecule has 1 aromatic heterocycles. The maximum atomic E-state index is 12.7. The van der Waals surface area contributed by atoms with Gasteiger partial charge < -0.3 is 4.74 Å². The second-order valence-corrected chi connectivity index (χ2v) is 7.37. The van der Waals surface area contributed by atoms with Crippen molar-refractivity contribution in [2.24, 2.45) is 0 Å². The number of anilines is 1. The van der Waals surface area contributed by atoms with Crippen molar-refractivity contribution in [2.75, 3.05) is 12.0 Å². The Morgan fingerprint density at radius 1 is 1.12 bits per heavy atom. The number of methoxy groups -OCH3 is 1. The Labute approximate surface area is 150 Å². The van der Waals surface area contributed by atoms with Crippen LogP contribution in [0.15, 0.2) is 47.6 Å². The second kappa shape index (κ2) is 7.22. The summed E-state index contributed by atoms with van der Waals surface area (Å²) in [6, 6.07) is 7.57. The van der Waals surface area contributed by atoms with Crippen LogP contribution in [-0.2, 0) is 26.2 Å². The number of amides is 2. The van der Waals surface area contributed by atoms with Crippen LogP contribution in [-0.4, -0.2) is 32.3 Å². The summed E-state index contributed by atoms with van der Waals surface area (Å²) in [5, 5.41) is 0. The molecule has 1 aromatic carbocycles. The summed E-state index contributed by atoms with van der Waals surface area (Å²) in [6.45, 7) is 0.0693. The zero-order valence-corrected chi connectivity index (χ0v) is 14.8. The van der Waals surface area contributed by atoms with Crippen LogP contribution in [0.25, 0.3) is 0 Å². The van der Waals surface area contributed by atoms with E-state index in [4.69, 9.17) is 4.74 Å². The molecule has 9 heteroatoms. The first-order chi connectivity index (χ1) is 12.4. The Kier molecular flexibility index (Phi) is 5.01. The molecule has 3 rings (SSSR count). The van der Waals surface area contributed by atoms with Crippen molar-refractivity contribution in [1.29, 1.82) is 0 Å². The van der Waals surface area contributed by atoms with Gasteiger partial charge in [0.1, 0.15) is 10.6 Å². The number of nitrogens with one attached hydrogen (secondary N) is 1. The maximum absolute atomic E-state index is 12.7. The van der Waals surface area contributed by atoms with Gasteiger partial charge in [0.15, 0.2) is 0 Å². The highest BCUT2D eigenvalue weighted by Crippen LogP contribution is 2.31. The summed E-state index contributed by atoms with van der Waals surface area (Å²) in [6.07, 6.45) is 3.37. The summed E-state index contributed by atoms with van der Waals surface area (Å²) in [4.78, 5) is 28.6. The highest BCUT2D eigenvalue weighted by molar-refractivity contribution is 7.89. The highest BCUT2D eigenvalue weighted by atomic mass is 32.2. The van der Waals surface area contributed by atoms with E-state index < -0.39 is 10.0 Å². The van der Waals surface area contributed by atoms with E-state index in [1.807, 2.05) is 0 Å². The van der Waals surface area contributed by atoms with Gasteiger partial charge in [0.25, 0.3) is 0 Å². The van der Waals surface area contributed by atoms with Crippen molar-refractivity contribution < 1.29 is 22.7 Å². The van der Waals surface area contributed by atoms with Crippen molar-refractivity contribution in [3.63, 3.8) is 0 Å². The molecule has 8 nitrogen and oxygen atoms in total. The van der Waals surface area contributed by atoms with Crippen molar-refractivity contribution in [2.45, 2.75) is 24.3 Å². The number of hydrogen-bond donors (Lipinski definition) is 1. The van der Waals surface area contributed by atoms with E-state index >= 15 is 0 Å². The van der Waals surface area contributed by atoms with Crippen LogP contribution in [0, 0.1) is 0 Å². The molecule has 1 fully saturated rings. The lowest BCUT2D eigenvalue weighted by molar-refractivity contribution is -0.121. The van der Waals surface area contributed by atoms with Gasteiger partial charge in [-0.05, 0) is 35.9 Å². The lowest BCUT2D eigenvalue weighted by Crippen LogP contribution is -2.29. The first kappa shape index (κ1) is 18.0. The van der Waals surface area contributed by atoms with Gasteiger partial charge in [-0.15, -0.1) is 0 Å². The van der Waals surface area contributed by atoms with E-state index in [0.29, 0.717) is 0 Å². The zero-order chi connectivity index (χ0) is 18.7. The SMILES string of the molecule is COc1ccc(N2C(=O)CCC2=O)cc1S(=O)(=O)NCc1ccncc1. The van der Waals surface area contributed by atoms with Crippen LogP contribution in [0.3, 0.4) is 0 Å². The number of carbonyl (C=O) groups excluding carboxylic acids is 2. The lowest BCUT2D eigenvalue weighted by Gasteiger charge is -2.17. The van der Waals surface area contributed by atoms with Crippen molar-refractivity contribution in [3.8, 4) is 5.75 Å². The predicted octanol–water partition coefficient (Wildman–Crippen LogP) is 1.22. The fraction of sp³-hybridized carbons (Fsp3) is 0.235. The van der Waals surface area contributed by atoms with Gasteiger partial charge in [-0.25, -0.2) is 13.1 Å². The van der Waals surface area contributed by atoms with Crippen LogP contribution < -0.4 is 14.4 Å². The second-order valence-electron chi connectivity index (χ2n) is 5.64. The van der Waals surface area contributed by atoms with Crippen molar-refractivity contribution in [3.05, 3.63) is 48.3 Å². The molecule has 0 aliphatic carbocycles. The average Bonchev–Trinajstić information content (AvgIpc) is 2.99. The Balaban J connectivity index is 1.93. The van der Waals surface area contributed by atoms with E-state index in [1.165, 1.54) is 25.3 Å². The number of carbonyl (C=O) groups is 2. The number of pyridine rings is 1. The molecular weight excluding hydrogens is 358 g/mol. The summed E-state index contributed by atoms with van der Waals surface area (Å²) in [7, 11) is -2.58. The summed E-state index contributed by atoms with van der Waals surface area (Å²) >= 11 is 0. The smallest absolute Gasteiger partial charge is 0.244 e. The lowest BCUT2D eigenvalue weighted by atomic mass is 10.2. The molecule has 0 saturated carbocycles. The molecule has 1 saturated heterocycles. The normalized spacial score (nSPS) is 14.7. The number of sulfonamides is 1. The summed E-state index contributed by atoms with van der Waals surface area (Å²) < 4.78 is 33.1. The van der Waals surface area contributed by atoms with Crippen LogP contribution >= 0.6 is 0 Å². The number of hydrogen-bond acceptors (Lipinski definition) is 6. The number of benzene rings is 1. The molecule has 1 aliphatic rings. The molecule has 1 N–H and O–H groups in total. The number of aromatic nitrogens is 1. The first-order valence-corrected chi connectivity index (χ1v) is 9.33. The molecule has 0 spiro atoms. The molecule has 0 atom stereocenters. The van der Waals surface area contributed by atoms with Crippen molar-refractivity contribution in [1.82, 2.24) is 9.71 Å². The van der Waals surface area contributed by atoms with Gasteiger partial charge in [-0.1, -0.05) is 0 Å². The first-order valence-electron chi connectivity index (χ1n) is 7.85. The van der Waals surface area contributed by atoms with Gasteiger partial charge in [0.05, 0.1) is 12.8 Å². The van der Waals surface area contributed by atoms with E-state index in [2.05, 4.69) is 9.71 Å². The van der Waals surface area contributed by atoms with E-state index in [0.717, 1.165) is 10.5 Å². The standard InChI is InChI=1S/C17H17N3O5S/c1-25-14-3-2-13(20-16(21)4-5-17(20)22)10-15(14)26(23,24)19-11-12-6-8-18-9-7-12/h2-3,6-10,19H,4-5,11H2,1H3. The Bertz CT molecular complexity index is 928. The summed E-state index contributed by atoms with van der Waals surface area (Å²) in [5.74, 6) is -0.586. The molecule has 26 heavy (non-hydrogen) atoms. The molecule has 0 bridgehead atoms. The van der Waals surface area contributed by atoms with E-state index in [-0.39, 0.29) is 47.5 Å². The molecule has 2 amide bonds. The van der Waals surface area contributed by atoms with Gasteiger partial charge in [-0.3, -0.25) is 19.5 Å². The quantitative estimate of drug-likeness (QED) is 0.761. The number of rotatable bonds is 6. The third-order valence-corrected chi connectivity index (χ3v) is 5.38. The fourth-order valence-electron chi connectivity index (χ4n) is 2.64. The van der Waals surface area contributed by atoms with Crippen LogP contribution in [0.4, 0.5) is 5.69 Å². The Morgan fingerprint density at radius 3 is 2.38 bits per heavy atom. The minimum atomic E-state index is -3.93. The molecular formula is C17H17N3O5S. The molecule has 1 aliphatic heterocycles. The van der Waals surface area contributed by atoms with E-state index in [1.54, 1.807) is 24.5 Å². The number of ether oxygens (including phenoxy) is 1. The minimum absolute atomic E-state index is 0.0693. The van der Waals surface area contributed by atoms with Gasteiger partial charge in [0, 0.05) is 31.8 Å². The third-order valence-electron chi connectivity index (χ3n) is 3.96. The topological polar surface area (TPSA) is 106 Å². The number of nitrogens with zero attached hydrogens (tertiary/aromatic N) is 2. The largest absolute Gasteiger partial charge is 0.495 e. The summed E-state index contributed by atoms with van der Waals surface area (Å²) in [5.41, 5.74) is 0.950. The van der Waals surface area contributed by atoms with Gasteiger partial charge >= 0.3 is 0 Å². The number of imide groups is 1. The van der Waals surface area contributed by atoms with E-state index in [9.17, 15) is 18.0 Å². The predicted molar refractivity (Wildman–Crippen MR) is 93.0 cm³/mol. The Hall–Kier alpha value is -2.78. The van der Waals surface area contributed by atoms with Gasteiger partial charge in [0.2, 0.25) is 21.8 Å². The van der Waals surface area contributed by atoms with Crippen molar-refractivity contribution >= 4 is 27.5 Å². The third kappa shape index (κ3) is 3.58. The fourth-order valence-corrected chi connectivity index (χ4v) is 3.84. The zero-order valence-electron chi connectivity index (χ0n) is 14.0. The highest BCUT2D eigenvalue weighted by Gasteiger charge is 2.32. The molecule has 0 unspecified atom stereocenters. The molecule has 136 valence electrons. The van der Waals surface area contributed by atoms with Crippen LogP contribution in [0.2, 0.25) is 0 Å². The molecule has 2 heterocycles. The Morgan fingerprint density at radius 2 is 1.77 bits per heavy atom. The molecule has 0 radical (unpaired) electrons. The molecule has 2 aromatic rings. The average molecular weight is 375 g/mol. The minimum Gasteiger partial charge on any atom is -0.495 e. The van der Waals surface area contributed by atoms with Gasteiger partial charge in [-0.2, -0.15) is 0 Å². The van der Waals surface area contributed by atoms with Crippen LogP contribution in [0.1, 0.15) is 18.4 Å².